The van der Waals surface area contributed by atoms with Crippen LogP contribution < -0.4 is 0 Å². The van der Waals surface area contributed by atoms with Gasteiger partial charge in [-0.15, -0.1) is 0 Å². The van der Waals surface area contributed by atoms with E-state index < -0.39 is 9.85 Å². The minimum Gasteiger partial charge on any atom is -0.258 e. The fourth-order valence-corrected chi connectivity index (χ4v) is 3.55. The van der Waals surface area contributed by atoms with Crippen molar-refractivity contribution in [3.63, 3.8) is 0 Å². The van der Waals surface area contributed by atoms with Crippen molar-refractivity contribution in [1.82, 2.24) is 0 Å². The smallest absolute Gasteiger partial charge is 0.258 e. The highest BCUT2D eigenvalue weighted by Gasteiger charge is 2.40. The van der Waals surface area contributed by atoms with E-state index in [1.165, 1.54) is 0 Å². The van der Waals surface area contributed by atoms with Gasteiger partial charge in [0.1, 0.15) is 0 Å². The van der Waals surface area contributed by atoms with E-state index in [9.17, 15) is 20.2 Å². The lowest BCUT2D eigenvalue weighted by Gasteiger charge is -2.09. The van der Waals surface area contributed by atoms with Gasteiger partial charge in [0.2, 0.25) is 0 Å². The number of nitrogens with zero attached hydrogens (tertiary/aromatic N) is 2. The molecule has 3 aromatic rings. The van der Waals surface area contributed by atoms with E-state index in [4.69, 9.17) is 0 Å². The molecule has 0 radical (unpaired) electrons. The molecule has 0 bridgehead atoms. The Morgan fingerprint density at radius 1 is 0.679 bits per heavy atom. The second kappa shape index (κ2) is 6.92. The maximum atomic E-state index is 12.1. The van der Waals surface area contributed by atoms with E-state index in [-0.39, 0.29) is 22.5 Å². The molecule has 1 aliphatic carbocycles. The van der Waals surface area contributed by atoms with Crippen molar-refractivity contribution in [1.29, 1.82) is 0 Å². The fraction of sp³-hybridized carbons (Fsp3) is 0. The molecular weight excluding hydrogens is 356 g/mol. The lowest BCUT2D eigenvalue weighted by Crippen LogP contribution is -2.03. The Morgan fingerprint density at radius 2 is 1.21 bits per heavy atom. The zero-order chi connectivity index (χ0) is 19.7. The normalized spacial score (nSPS) is 14.6. The van der Waals surface area contributed by atoms with Gasteiger partial charge in [-0.05, 0) is 23.8 Å². The lowest BCUT2D eigenvalue weighted by molar-refractivity contribution is -0.375. The highest BCUT2D eigenvalue weighted by Crippen LogP contribution is 2.49. The summed E-state index contributed by atoms with van der Waals surface area (Å²) in [6.07, 6.45) is 0. The van der Waals surface area contributed by atoms with E-state index in [0.717, 1.165) is 0 Å². The SMILES string of the molecule is O=[N+]([O-])C1=C(c2ccccc2)/C(=C(/c2ccccc2)[N+](=O)[O-])c2ccccc21. The number of rotatable bonds is 4. The van der Waals surface area contributed by atoms with Crippen LogP contribution in [-0.4, -0.2) is 9.85 Å². The molecule has 0 saturated carbocycles. The maximum absolute atomic E-state index is 12.1. The lowest BCUT2D eigenvalue weighted by atomic mass is 9.93. The minimum absolute atomic E-state index is 0.118. The predicted octanol–water partition coefficient (Wildman–Crippen LogP) is 4.99. The Bertz CT molecular complexity index is 1150. The Hall–Kier alpha value is -4.06. The molecule has 3 aromatic carbocycles. The number of allylic oxidation sites excluding steroid dienone is 2. The summed E-state index contributed by atoms with van der Waals surface area (Å²) in [5.41, 5.74) is 2.11. The van der Waals surface area contributed by atoms with Gasteiger partial charge >= 0.3 is 0 Å². The summed E-state index contributed by atoms with van der Waals surface area (Å²) in [5.74, 6) is 0. The van der Waals surface area contributed by atoms with Crippen molar-refractivity contribution < 1.29 is 9.85 Å². The molecule has 0 heterocycles. The molecule has 6 heteroatoms. The van der Waals surface area contributed by atoms with Gasteiger partial charge < -0.3 is 0 Å². The first-order valence-electron chi connectivity index (χ1n) is 8.58. The molecule has 4 rings (SSSR count). The third-order valence-electron chi connectivity index (χ3n) is 4.65. The van der Waals surface area contributed by atoms with Crippen molar-refractivity contribution in [3.8, 4) is 0 Å². The van der Waals surface area contributed by atoms with E-state index in [2.05, 4.69) is 0 Å². The minimum atomic E-state index is -0.465. The largest absolute Gasteiger partial charge is 0.285 e. The first-order valence-corrected chi connectivity index (χ1v) is 8.58. The average Bonchev–Trinajstić information content (AvgIpc) is 3.05. The van der Waals surface area contributed by atoms with Crippen LogP contribution in [0.1, 0.15) is 22.3 Å². The van der Waals surface area contributed by atoms with Crippen LogP contribution in [0.4, 0.5) is 0 Å². The topological polar surface area (TPSA) is 86.3 Å². The van der Waals surface area contributed by atoms with E-state index in [1.807, 2.05) is 0 Å². The molecule has 0 unspecified atom stereocenters. The van der Waals surface area contributed by atoms with E-state index in [0.29, 0.717) is 22.3 Å². The van der Waals surface area contributed by atoms with Crippen LogP contribution in [0, 0.1) is 20.2 Å². The van der Waals surface area contributed by atoms with Crippen molar-refractivity contribution in [2.24, 2.45) is 0 Å². The molecule has 1 aliphatic rings. The molecule has 0 aromatic heterocycles. The second-order valence-electron chi connectivity index (χ2n) is 6.24. The third-order valence-corrected chi connectivity index (χ3v) is 4.65. The van der Waals surface area contributed by atoms with Crippen LogP contribution in [0.15, 0.2) is 84.9 Å². The van der Waals surface area contributed by atoms with Crippen LogP contribution in [0.25, 0.3) is 22.5 Å². The van der Waals surface area contributed by atoms with Crippen molar-refractivity contribution >= 4 is 22.5 Å². The second-order valence-corrected chi connectivity index (χ2v) is 6.24. The highest BCUT2D eigenvalue weighted by molar-refractivity contribution is 6.24. The molecule has 136 valence electrons. The zero-order valence-electron chi connectivity index (χ0n) is 14.6. The van der Waals surface area contributed by atoms with Crippen LogP contribution in [-0.2, 0) is 0 Å². The van der Waals surface area contributed by atoms with Gasteiger partial charge in [0, 0.05) is 5.56 Å². The van der Waals surface area contributed by atoms with Crippen LogP contribution in [0.5, 0.6) is 0 Å². The Labute approximate surface area is 160 Å². The quantitative estimate of drug-likeness (QED) is 0.478. The van der Waals surface area contributed by atoms with Crippen LogP contribution in [0.3, 0.4) is 0 Å². The first kappa shape index (κ1) is 17.4. The Morgan fingerprint density at radius 3 is 1.79 bits per heavy atom. The van der Waals surface area contributed by atoms with Gasteiger partial charge in [0.15, 0.2) is 0 Å². The van der Waals surface area contributed by atoms with Gasteiger partial charge in [-0.1, -0.05) is 66.7 Å². The summed E-state index contributed by atoms with van der Waals surface area (Å²) in [6.45, 7) is 0. The standard InChI is InChI=1S/C22H14N2O4/c25-23(26)21(16-11-5-2-6-12-16)20-17-13-7-8-14-18(17)22(24(27)28)19(20)15-9-3-1-4-10-15/h1-14H/b21-20-. The summed E-state index contributed by atoms with van der Waals surface area (Å²) in [5, 5.41) is 24.1. The predicted molar refractivity (Wildman–Crippen MR) is 107 cm³/mol. The summed E-state index contributed by atoms with van der Waals surface area (Å²) in [7, 11) is 0. The Balaban J connectivity index is 2.17. The monoisotopic (exact) mass is 370 g/mol. The average molecular weight is 370 g/mol. The Kier molecular flexibility index (Phi) is 4.29. The molecule has 0 N–H and O–H groups in total. The van der Waals surface area contributed by atoms with Gasteiger partial charge in [-0.3, -0.25) is 20.2 Å². The summed E-state index contributed by atoms with van der Waals surface area (Å²) in [6, 6.07) is 24.0. The maximum Gasteiger partial charge on any atom is 0.285 e. The van der Waals surface area contributed by atoms with Gasteiger partial charge in [-0.25, -0.2) is 0 Å². The zero-order valence-corrected chi connectivity index (χ0v) is 14.6. The number of hydrogen-bond donors (Lipinski definition) is 0. The molecule has 0 saturated heterocycles. The van der Waals surface area contributed by atoms with Crippen molar-refractivity contribution in [2.75, 3.05) is 0 Å². The molecule has 0 amide bonds. The summed E-state index contributed by atoms with van der Waals surface area (Å²) >= 11 is 0. The van der Waals surface area contributed by atoms with Crippen LogP contribution >= 0.6 is 0 Å². The van der Waals surface area contributed by atoms with E-state index >= 15 is 0 Å². The molecule has 6 nitrogen and oxygen atoms in total. The summed E-state index contributed by atoms with van der Waals surface area (Å²) < 4.78 is 0. The molecular formula is C22H14N2O4. The molecule has 0 spiro atoms. The fourth-order valence-electron chi connectivity index (χ4n) is 3.55. The van der Waals surface area contributed by atoms with Gasteiger partial charge in [0.05, 0.1) is 32.1 Å². The third kappa shape index (κ3) is 2.77. The number of nitro groups is 2. The highest BCUT2D eigenvalue weighted by atomic mass is 16.6. The van der Waals surface area contributed by atoms with Crippen molar-refractivity contribution in [3.05, 3.63) is 127 Å². The number of fused-ring (bicyclic) bond motifs is 1. The molecule has 0 aliphatic heterocycles. The van der Waals surface area contributed by atoms with Gasteiger partial charge in [-0.2, -0.15) is 0 Å². The molecule has 0 fully saturated rings. The van der Waals surface area contributed by atoms with E-state index in [1.54, 1.807) is 84.9 Å². The molecule has 28 heavy (non-hydrogen) atoms. The van der Waals surface area contributed by atoms with Gasteiger partial charge in [0.25, 0.3) is 11.4 Å². The van der Waals surface area contributed by atoms with Crippen LogP contribution in [0.2, 0.25) is 0 Å². The first-order chi connectivity index (χ1) is 13.6. The molecule has 0 atom stereocenters. The summed E-state index contributed by atoms with van der Waals surface area (Å²) in [4.78, 5) is 23.2. The number of benzene rings is 3. The van der Waals surface area contributed by atoms with Crippen molar-refractivity contribution in [2.45, 2.75) is 0 Å². The number of hydrogen-bond acceptors (Lipinski definition) is 4.